The van der Waals surface area contributed by atoms with E-state index in [1.54, 1.807) is 11.3 Å². The largest absolute Gasteiger partial charge is 0.378 e. The first kappa shape index (κ1) is 13.1. The third-order valence-corrected chi connectivity index (χ3v) is 4.44. The molecule has 0 aromatic carbocycles. The summed E-state index contributed by atoms with van der Waals surface area (Å²) in [6.07, 6.45) is 2.44. The Morgan fingerprint density at radius 3 is 3.00 bits per heavy atom. The van der Waals surface area contributed by atoms with Gasteiger partial charge >= 0.3 is 0 Å². The topological polar surface area (TPSA) is 47.0 Å². The molecule has 6 heteroatoms. The first-order valence-corrected chi connectivity index (χ1v) is 7.67. The fourth-order valence-electron chi connectivity index (χ4n) is 2.37. The van der Waals surface area contributed by atoms with Crippen molar-refractivity contribution in [3.05, 3.63) is 16.2 Å². The summed E-state index contributed by atoms with van der Waals surface area (Å²) in [4.78, 5) is 10.7. The van der Waals surface area contributed by atoms with Gasteiger partial charge < -0.3 is 10.1 Å². The molecule has 2 aromatic heterocycles. The third-order valence-electron chi connectivity index (χ3n) is 3.33. The van der Waals surface area contributed by atoms with Gasteiger partial charge in [-0.25, -0.2) is 9.97 Å². The Balaban J connectivity index is 1.78. The fraction of sp³-hybridized carbons (Fsp3) is 0.538. The molecule has 19 heavy (non-hydrogen) atoms. The normalized spacial score (nSPS) is 22.5. The Morgan fingerprint density at radius 1 is 1.47 bits per heavy atom. The number of ether oxygens (including phenoxy) is 1. The van der Waals surface area contributed by atoms with E-state index < -0.39 is 0 Å². The summed E-state index contributed by atoms with van der Waals surface area (Å²) < 4.78 is 5.56. The van der Waals surface area contributed by atoms with Crippen molar-refractivity contribution in [1.82, 2.24) is 9.97 Å². The van der Waals surface area contributed by atoms with E-state index in [1.165, 1.54) is 4.88 Å². The van der Waals surface area contributed by atoms with Gasteiger partial charge in [0, 0.05) is 17.5 Å². The molecule has 102 valence electrons. The Hall–Kier alpha value is -0.910. The van der Waals surface area contributed by atoms with Crippen LogP contribution in [0.5, 0.6) is 0 Å². The van der Waals surface area contributed by atoms with Crippen molar-refractivity contribution in [2.45, 2.75) is 38.8 Å². The summed E-state index contributed by atoms with van der Waals surface area (Å²) in [5.74, 6) is 0.847. The zero-order chi connectivity index (χ0) is 13.4. The molecular weight excluding hydrogens is 282 g/mol. The highest BCUT2D eigenvalue weighted by Gasteiger charge is 2.30. The molecule has 1 aliphatic carbocycles. The maximum atomic E-state index is 5.98. The Morgan fingerprint density at radius 2 is 2.26 bits per heavy atom. The van der Waals surface area contributed by atoms with Gasteiger partial charge in [0.25, 0.3) is 0 Å². The van der Waals surface area contributed by atoms with Crippen molar-refractivity contribution in [1.29, 1.82) is 0 Å². The molecule has 0 aliphatic heterocycles. The van der Waals surface area contributed by atoms with E-state index in [0.29, 0.717) is 17.4 Å². The molecule has 0 spiro atoms. The van der Waals surface area contributed by atoms with Crippen LogP contribution >= 0.6 is 22.9 Å². The van der Waals surface area contributed by atoms with Crippen molar-refractivity contribution in [3.8, 4) is 0 Å². The van der Waals surface area contributed by atoms with Crippen LogP contribution in [0.3, 0.4) is 0 Å². The van der Waals surface area contributed by atoms with Crippen LogP contribution in [-0.2, 0) is 4.74 Å². The molecule has 0 atom stereocenters. The van der Waals surface area contributed by atoms with Gasteiger partial charge in [-0.05, 0) is 44.4 Å². The lowest BCUT2D eigenvalue weighted by molar-refractivity contribution is 0.00295. The summed E-state index contributed by atoms with van der Waals surface area (Å²) in [5, 5.41) is 4.82. The predicted molar refractivity (Wildman–Crippen MR) is 79.2 cm³/mol. The van der Waals surface area contributed by atoms with Gasteiger partial charge in [0.15, 0.2) is 0 Å². The lowest BCUT2D eigenvalue weighted by atomic mass is 9.89. The van der Waals surface area contributed by atoms with E-state index in [4.69, 9.17) is 16.3 Å². The molecular formula is C13H16ClN3OS. The minimum atomic E-state index is 0.303. The molecule has 3 rings (SSSR count). The molecule has 1 fully saturated rings. The molecule has 0 bridgehead atoms. The Labute approximate surface area is 121 Å². The summed E-state index contributed by atoms with van der Waals surface area (Å²) in [5.41, 5.74) is 0. The lowest BCUT2D eigenvalue weighted by Crippen LogP contribution is -2.41. The van der Waals surface area contributed by atoms with E-state index in [0.717, 1.165) is 35.5 Å². The smallest absolute Gasteiger partial charge is 0.225 e. The molecule has 2 heterocycles. The molecule has 4 nitrogen and oxygen atoms in total. The number of aryl methyl sites for hydroxylation is 1. The number of fused-ring (bicyclic) bond motifs is 1. The van der Waals surface area contributed by atoms with Crippen molar-refractivity contribution >= 4 is 39.0 Å². The number of halogens is 1. The second-order valence-corrected chi connectivity index (χ2v) is 6.38. The van der Waals surface area contributed by atoms with Crippen LogP contribution in [0.15, 0.2) is 6.07 Å². The van der Waals surface area contributed by atoms with Gasteiger partial charge in [-0.2, -0.15) is 0 Å². The Bertz CT molecular complexity index is 595. The van der Waals surface area contributed by atoms with Crippen LogP contribution in [0.4, 0.5) is 5.82 Å². The molecule has 0 radical (unpaired) electrons. The van der Waals surface area contributed by atoms with E-state index in [9.17, 15) is 0 Å². The minimum Gasteiger partial charge on any atom is -0.378 e. The summed E-state index contributed by atoms with van der Waals surface area (Å²) >= 11 is 7.62. The molecule has 0 saturated heterocycles. The number of hydrogen-bond acceptors (Lipinski definition) is 5. The maximum Gasteiger partial charge on any atom is 0.225 e. The number of nitrogens with zero attached hydrogens (tertiary/aromatic N) is 2. The second kappa shape index (κ2) is 5.23. The molecule has 0 amide bonds. The van der Waals surface area contributed by atoms with Gasteiger partial charge in [0.1, 0.15) is 10.6 Å². The average molecular weight is 298 g/mol. The molecule has 2 aromatic rings. The van der Waals surface area contributed by atoms with Crippen molar-refractivity contribution < 1.29 is 4.74 Å². The number of anilines is 1. The number of hydrogen-bond donors (Lipinski definition) is 1. The lowest BCUT2D eigenvalue weighted by Gasteiger charge is -2.35. The first-order valence-electron chi connectivity index (χ1n) is 6.47. The van der Waals surface area contributed by atoms with Crippen LogP contribution in [0.1, 0.15) is 24.6 Å². The van der Waals surface area contributed by atoms with Gasteiger partial charge in [0.05, 0.1) is 11.5 Å². The number of thiophene rings is 1. The second-order valence-electron chi connectivity index (χ2n) is 4.81. The van der Waals surface area contributed by atoms with E-state index in [2.05, 4.69) is 28.3 Å². The SMILES string of the molecule is CCOC1CC(Nc2nc(Cl)nc3sc(C)cc23)C1. The number of nitrogens with one attached hydrogen (secondary N) is 1. The van der Waals surface area contributed by atoms with Crippen LogP contribution in [0.2, 0.25) is 5.28 Å². The monoisotopic (exact) mass is 297 g/mol. The Kier molecular flexibility index (Phi) is 3.60. The zero-order valence-corrected chi connectivity index (χ0v) is 12.5. The van der Waals surface area contributed by atoms with Crippen molar-refractivity contribution in [2.24, 2.45) is 0 Å². The van der Waals surface area contributed by atoms with Gasteiger partial charge in [-0.3, -0.25) is 0 Å². The minimum absolute atomic E-state index is 0.303. The van der Waals surface area contributed by atoms with E-state index >= 15 is 0 Å². The zero-order valence-electron chi connectivity index (χ0n) is 10.9. The first-order chi connectivity index (χ1) is 9.15. The highest BCUT2D eigenvalue weighted by molar-refractivity contribution is 7.18. The summed E-state index contributed by atoms with van der Waals surface area (Å²) in [6, 6.07) is 2.53. The molecule has 0 unspecified atom stereocenters. The van der Waals surface area contributed by atoms with Crippen molar-refractivity contribution in [3.63, 3.8) is 0 Å². The summed E-state index contributed by atoms with van der Waals surface area (Å²) in [6.45, 7) is 4.88. The predicted octanol–water partition coefficient (Wildman–Crippen LogP) is 3.63. The van der Waals surface area contributed by atoms with E-state index in [-0.39, 0.29) is 0 Å². The number of rotatable bonds is 4. The van der Waals surface area contributed by atoms with Crippen LogP contribution < -0.4 is 5.32 Å². The van der Waals surface area contributed by atoms with Crippen LogP contribution in [-0.4, -0.2) is 28.7 Å². The fourth-order valence-corrected chi connectivity index (χ4v) is 3.47. The van der Waals surface area contributed by atoms with E-state index in [1.807, 2.05) is 6.92 Å². The average Bonchev–Trinajstić information content (AvgIpc) is 2.66. The highest BCUT2D eigenvalue weighted by atomic mass is 35.5. The molecule has 1 N–H and O–H groups in total. The highest BCUT2D eigenvalue weighted by Crippen LogP contribution is 2.32. The van der Waals surface area contributed by atoms with Gasteiger partial charge in [-0.1, -0.05) is 0 Å². The third kappa shape index (κ3) is 2.68. The maximum absolute atomic E-state index is 5.98. The molecule has 1 saturated carbocycles. The van der Waals surface area contributed by atoms with Crippen molar-refractivity contribution in [2.75, 3.05) is 11.9 Å². The van der Waals surface area contributed by atoms with Crippen LogP contribution in [0, 0.1) is 6.92 Å². The van der Waals surface area contributed by atoms with Gasteiger partial charge in [0.2, 0.25) is 5.28 Å². The standard InChI is InChI=1S/C13H16ClN3OS/c1-3-18-9-5-8(6-9)15-11-10-4-7(2)19-12(10)17-13(14)16-11/h4,8-9H,3,5-6H2,1-2H3,(H,15,16,17). The van der Waals surface area contributed by atoms with Gasteiger partial charge in [-0.15, -0.1) is 11.3 Å². The summed E-state index contributed by atoms with van der Waals surface area (Å²) in [7, 11) is 0. The molecule has 1 aliphatic rings. The quantitative estimate of drug-likeness (QED) is 0.875. The number of aromatic nitrogens is 2. The van der Waals surface area contributed by atoms with Crippen LogP contribution in [0.25, 0.3) is 10.2 Å².